The molecule has 2 rings (SSSR count). The van der Waals surface area contributed by atoms with Gasteiger partial charge in [0.25, 0.3) is 0 Å². The molecule has 7 heteroatoms. The van der Waals surface area contributed by atoms with Gasteiger partial charge < -0.3 is 14.7 Å². The van der Waals surface area contributed by atoms with Gasteiger partial charge in [0.05, 0.1) is 37.4 Å². The summed E-state index contributed by atoms with van der Waals surface area (Å²) < 4.78 is 31.5. The van der Waals surface area contributed by atoms with Crippen LogP contribution in [0.3, 0.4) is 0 Å². The zero-order valence-corrected chi connectivity index (χ0v) is 10.0. The minimum absolute atomic E-state index is 0.0952. The largest absolute Gasteiger partial charge is 0.465 e. The van der Waals surface area contributed by atoms with E-state index < -0.39 is 35.2 Å². The molecule has 1 saturated heterocycles. The Morgan fingerprint density at radius 3 is 2.63 bits per heavy atom. The first-order valence-corrected chi connectivity index (χ1v) is 5.49. The van der Waals surface area contributed by atoms with Gasteiger partial charge in [-0.25, -0.2) is 13.6 Å². The molecule has 0 spiro atoms. The zero-order chi connectivity index (χ0) is 14.2. The van der Waals surface area contributed by atoms with Gasteiger partial charge >= 0.3 is 5.97 Å². The maximum Gasteiger partial charge on any atom is 0.340 e. The van der Waals surface area contributed by atoms with Gasteiger partial charge in [-0.2, -0.15) is 0 Å². The zero-order valence-electron chi connectivity index (χ0n) is 10.0. The highest BCUT2D eigenvalue weighted by Crippen LogP contribution is 2.27. The Balaban J connectivity index is 2.46. The van der Waals surface area contributed by atoms with Crippen LogP contribution in [0.1, 0.15) is 16.8 Å². The number of β-amino-alcohol motifs (C(OH)–C–C–N with tert-alkyl or cyclic N) is 1. The van der Waals surface area contributed by atoms with E-state index in [0.717, 1.165) is 18.1 Å². The number of hydrogen-bond acceptors (Lipinski definition) is 4. The number of carbonyl (C=O) groups excluding carboxylic acids is 2. The van der Waals surface area contributed by atoms with Crippen molar-refractivity contribution in [1.82, 2.24) is 0 Å². The number of aliphatic hydroxyl groups excluding tert-OH is 1. The SMILES string of the molecule is COC(=O)c1cc(N2CC(O)CC2=O)c(F)cc1F. The van der Waals surface area contributed by atoms with E-state index in [4.69, 9.17) is 0 Å². The molecule has 5 nitrogen and oxygen atoms in total. The fraction of sp³-hybridized carbons (Fsp3) is 0.333. The summed E-state index contributed by atoms with van der Waals surface area (Å²) in [5.74, 6) is -3.51. The van der Waals surface area contributed by atoms with Crippen LogP contribution < -0.4 is 4.90 Å². The number of aliphatic hydroxyl groups is 1. The van der Waals surface area contributed by atoms with Crippen LogP contribution in [0.25, 0.3) is 0 Å². The highest BCUT2D eigenvalue weighted by molar-refractivity contribution is 5.98. The molecule has 19 heavy (non-hydrogen) atoms. The van der Waals surface area contributed by atoms with Crippen LogP contribution in [-0.2, 0) is 9.53 Å². The molecule has 1 aliphatic heterocycles. The Morgan fingerprint density at radius 2 is 2.11 bits per heavy atom. The standard InChI is InChI=1S/C12H11F2NO4/c1-19-12(18)7-3-10(9(14)4-8(7)13)15-5-6(16)2-11(15)17/h3-4,6,16H,2,5H2,1H3. The molecule has 1 fully saturated rings. The first-order valence-electron chi connectivity index (χ1n) is 5.49. The van der Waals surface area contributed by atoms with Crippen LogP contribution in [0.4, 0.5) is 14.5 Å². The predicted octanol–water partition coefficient (Wildman–Crippen LogP) is 0.849. The average Bonchev–Trinajstić information content (AvgIpc) is 2.67. The molecule has 0 radical (unpaired) electrons. The number of methoxy groups -OCH3 is 1. The first-order chi connectivity index (χ1) is 8.93. The summed E-state index contributed by atoms with van der Waals surface area (Å²) >= 11 is 0. The van der Waals surface area contributed by atoms with Crippen LogP contribution in [0.15, 0.2) is 12.1 Å². The third-order valence-electron chi connectivity index (χ3n) is 2.84. The highest BCUT2D eigenvalue weighted by atomic mass is 19.1. The minimum Gasteiger partial charge on any atom is -0.465 e. The topological polar surface area (TPSA) is 66.8 Å². The monoisotopic (exact) mass is 271 g/mol. The first kappa shape index (κ1) is 13.4. The Morgan fingerprint density at radius 1 is 1.42 bits per heavy atom. The van der Waals surface area contributed by atoms with Crippen molar-refractivity contribution in [2.45, 2.75) is 12.5 Å². The number of esters is 1. The number of halogens is 2. The Bertz CT molecular complexity index is 547. The van der Waals surface area contributed by atoms with Gasteiger partial charge in [0.2, 0.25) is 5.91 Å². The normalized spacial score (nSPS) is 18.8. The van der Waals surface area contributed by atoms with E-state index in [1.165, 1.54) is 0 Å². The van der Waals surface area contributed by atoms with Crippen molar-refractivity contribution in [3.8, 4) is 0 Å². The summed E-state index contributed by atoms with van der Waals surface area (Å²) in [6.45, 7) is -0.0952. The lowest BCUT2D eigenvalue weighted by Crippen LogP contribution is -2.26. The number of ether oxygens (including phenoxy) is 1. The Hall–Kier alpha value is -2.02. The number of amides is 1. The number of rotatable bonds is 2. The molecule has 1 aromatic carbocycles. The number of benzene rings is 1. The molecular formula is C12H11F2NO4. The van der Waals surface area contributed by atoms with Gasteiger partial charge in [-0.3, -0.25) is 4.79 Å². The van der Waals surface area contributed by atoms with Gasteiger partial charge in [-0.1, -0.05) is 0 Å². The fourth-order valence-corrected chi connectivity index (χ4v) is 1.93. The average molecular weight is 271 g/mol. The predicted molar refractivity (Wildman–Crippen MR) is 60.7 cm³/mol. The molecule has 1 N–H and O–H groups in total. The van der Waals surface area contributed by atoms with E-state index in [1.54, 1.807) is 0 Å². The summed E-state index contributed by atoms with van der Waals surface area (Å²) in [7, 11) is 1.07. The molecule has 1 aliphatic rings. The Labute approximate surface area is 107 Å². The summed E-state index contributed by atoms with van der Waals surface area (Å²) in [6.07, 6.45) is -1.04. The molecule has 0 bridgehead atoms. The van der Waals surface area contributed by atoms with Crippen molar-refractivity contribution in [2.75, 3.05) is 18.6 Å². The summed E-state index contributed by atoms with van der Waals surface area (Å²) in [5.41, 5.74) is -0.712. The molecule has 1 heterocycles. The lowest BCUT2D eigenvalue weighted by atomic mass is 10.1. The van der Waals surface area contributed by atoms with E-state index in [9.17, 15) is 23.5 Å². The van der Waals surface area contributed by atoms with E-state index in [0.29, 0.717) is 6.07 Å². The second kappa shape index (κ2) is 4.93. The molecule has 0 aromatic heterocycles. The molecular weight excluding hydrogens is 260 g/mol. The van der Waals surface area contributed by atoms with Crippen LogP contribution >= 0.6 is 0 Å². The van der Waals surface area contributed by atoms with Crippen LogP contribution in [0, 0.1) is 11.6 Å². The van der Waals surface area contributed by atoms with Crippen molar-refractivity contribution in [1.29, 1.82) is 0 Å². The molecule has 1 unspecified atom stereocenters. The second-order valence-electron chi connectivity index (χ2n) is 4.14. The molecule has 0 aliphatic carbocycles. The summed E-state index contributed by atoms with van der Waals surface area (Å²) in [4.78, 5) is 23.9. The van der Waals surface area contributed by atoms with Gasteiger partial charge in [-0.15, -0.1) is 0 Å². The molecule has 0 saturated carbocycles. The van der Waals surface area contributed by atoms with Crippen molar-refractivity contribution in [3.63, 3.8) is 0 Å². The van der Waals surface area contributed by atoms with E-state index in [-0.39, 0.29) is 18.7 Å². The fourth-order valence-electron chi connectivity index (χ4n) is 1.93. The number of anilines is 1. The van der Waals surface area contributed by atoms with E-state index in [1.807, 2.05) is 0 Å². The van der Waals surface area contributed by atoms with Crippen LogP contribution in [0.2, 0.25) is 0 Å². The van der Waals surface area contributed by atoms with Crippen LogP contribution in [0.5, 0.6) is 0 Å². The molecule has 1 atom stereocenters. The van der Waals surface area contributed by atoms with Crippen molar-refractivity contribution >= 4 is 17.6 Å². The third-order valence-corrected chi connectivity index (χ3v) is 2.84. The lowest BCUT2D eigenvalue weighted by molar-refractivity contribution is -0.117. The second-order valence-corrected chi connectivity index (χ2v) is 4.14. The smallest absolute Gasteiger partial charge is 0.340 e. The summed E-state index contributed by atoms with van der Waals surface area (Å²) in [5, 5.41) is 9.35. The number of nitrogens with zero attached hydrogens (tertiary/aromatic N) is 1. The van der Waals surface area contributed by atoms with Gasteiger partial charge in [0.15, 0.2) is 0 Å². The van der Waals surface area contributed by atoms with E-state index in [2.05, 4.69) is 4.74 Å². The van der Waals surface area contributed by atoms with Crippen LogP contribution in [-0.4, -0.2) is 36.7 Å². The number of carbonyl (C=O) groups is 2. The van der Waals surface area contributed by atoms with Gasteiger partial charge in [0.1, 0.15) is 11.6 Å². The van der Waals surface area contributed by atoms with Crippen molar-refractivity contribution in [2.24, 2.45) is 0 Å². The maximum atomic E-state index is 13.7. The van der Waals surface area contributed by atoms with Gasteiger partial charge in [-0.05, 0) is 6.07 Å². The number of hydrogen-bond donors (Lipinski definition) is 1. The lowest BCUT2D eigenvalue weighted by Gasteiger charge is -2.17. The molecule has 102 valence electrons. The van der Waals surface area contributed by atoms with E-state index >= 15 is 0 Å². The molecule has 1 amide bonds. The minimum atomic E-state index is -1.07. The van der Waals surface area contributed by atoms with Crippen molar-refractivity contribution < 1.29 is 28.2 Å². The maximum absolute atomic E-state index is 13.7. The Kier molecular flexibility index (Phi) is 3.48. The van der Waals surface area contributed by atoms with Gasteiger partial charge in [0, 0.05) is 6.07 Å². The summed E-state index contributed by atoms with van der Waals surface area (Å²) in [6, 6.07) is 1.42. The molecule has 1 aromatic rings. The van der Waals surface area contributed by atoms with Crippen molar-refractivity contribution in [3.05, 3.63) is 29.3 Å². The quantitative estimate of drug-likeness (QED) is 0.810. The highest BCUT2D eigenvalue weighted by Gasteiger charge is 2.32. The third kappa shape index (κ3) is 2.41.